The minimum absolute atomic E-state index is 1.21. The molecule has 11 aromatic carbocycles. The van der Waals surface area contributed by atoms with Gasteiger partial charge in [0.05, 0.1) is 0 Å². The predicted octanol–water partition coefficient (Wildman–Crippen LogP) is 15.8. The van der Waals surface area contributed by atoms with E-state index >= 15 is 0 Å². The second kappa shape index (κ2) is 13.2. The minimum atomic E-state index is 1.21. The first kappa shape index (κ1) is 32.2. The van der Waals surface area contributed by atoms with Gasteiger partial charge in [0.2, 0.25) is 0 Å². The average molecular weight is 709 g/mol. The highest BCUT2D eigenvalue weighted by Gasteiger charge is 2.19. The zero-order chi connectivity index (χ0) is 37.0. The molecule has 11 rings (SSSR count). The first-order valence-corrected chi connectivity index (χ1v) is 19.4. The topological polar surface area (TPSA) is 0 Å². The maximum atomic E-state index is 2.43. The van der Waals surface area contributed by atoms with Crippen LogP contribution in [-0.2, 0) is 0 Å². The van der Waals surface area contributed by atoms with E-state index in [9.17, 15) is 0 Å². The quantitative estimate of drug-likeness (QED) is 0.156. The predicted molar refractivity (Wildman–Crippen MR) is 241 cm³/mol. The van der Waals surface area contributed by atoms with E-state index in [-0.39, 0.29) is 0 Å². The molecule has 11 aromatic rings. The van der Waals surface area contributed by atoms with E-state index in [1.54, 1.807) is 0 Å². The molecule has 0 aliphatic heterocycles. The Morgan fingerprint density at radius 1 is 0.179 bits per heavy atom. The molecule has 0 aromatic heterocycles. The molecular formula is C56H36. The van der Waals surface area contributed by atoms with Crippen LogP contribution in [0.15, 0.2) is 218 Å². The van der Waals surface area contributed by atoms with Gasteiger partial charge >= 0.3 is 0 Å². The maximum absolute atomic E-state index is 2.43. The Balaban J connectivity index is 1.16. The van der Waals surface area contributed by atoms with Gasteiger partial charge in [-0.15, -0.1) is 0 Å². The Hall–Kier alpha value is -7.28. The summed E-state index contributed by atoms with van der Waals surface area (Å²) in [4.78, 5) is 0. The molecule has 0 amide bonds. The van der Waals surface area contributed by atoms with Gasteiger partial charge in [0, 0.05) is 0 Å². The molecule has 0 atom stereocenters. The van der Waals surface area contributed by atoms with Crippen LogP contribution < -0.4 is 0 Å². The molecule has 0 saturated carbocycles. The van der Waals surface area contributed by atoms with Crippen LogP contribution in [0.3, 0.4) is 0 Å². The Labute approximate surface area is 326 Å². The Kier molecular flexibility index (Phi) is 7.60. The van der Waals surface area contributed by atoms with Crippen LogP contribution in [0, 0.1) is 0 Å². The molecule has 0 unspecified atom stereocenters. The summed E-state index contributed by atoms with van der Waals surface area (Å²) in [5, 5.41) is 12.5. The van der Waals surface area contributed by atoms with Crippen molar-refractivity contribution >= 4 is 53.9 Å². The van der Waals surface area contributed by atoms with Gasteiger partial charge in [-0.05, 0) is 128 Å². The second-order valence-electron chi connectivity index (χ2n) is 14.8. The van der Waals surface area contributed by atoms with E-state index in [1.165, 1.54) is 109 Å². The van der Waals surface area contributed by atoms with Crippen LogP contribution in [0.4, 0.5) is 0 Å². The monoisotopic (exact) mass is 708 g/mol. The van der Waals surface area contributed by atoms with Crippen molar-refractivity contribution in [3.63, 3.8) is 0 Å². The number of benzene rings is 11. The summed E-state index contributed by atoms with van der Waals surface area (Å²) in [7, 11) is 0. The molecule has 0 spiro atoms. The van der Waals surface area contributed by atoms with Gasteiger partial charge in [0.15, 0.2) is 0 Å². The minimum Gasteiger partial charge on any atom is -0.0616 e. The van der Waals surface area contributed by atoms with Crippen molar-refractivity contribution in [3.05, 3.63) is 218 Å². The second-order valence-corrected chi connectivity index (χ2v) is 14.8. The fourth-order valence-corrected chi connectivity index (χ4v) is 8.96. The summed E-state index contributed by atoms with van der Waals surface area (Å²) in [6.45, 7) is 0. The van der Waals surface area contributed by atoms with Gasteiger partial charge in [-0.2, -0.15) is 0 Å². The van der Waals surface area contributed by atoms with Crippen molar-refractivity contribution in [1.82, 2.24) is 0 Å². The lowest BCUT2D eigenvalue weighted by atomic mass is 9.84. The van der Waals surface area contributed by atoms with Crippen LogP contribution >= 0.6 is 0 Å². The number of hydrogen-bond donors (Lipinski definition) is 0. The van der Waals surface area contributed by atoms with Crippen molar-refractivity contribution < 1.29 is 0 Å². The number of rotatable bonds is 5. The van der Waals surface area contributed by atoms with E-state index in [2.05, 4.69) is 218 Å². The summed E-state index contributed by atoms with van der Waals surface area (Å²) in [5.41, 5.74) is 12.3. The number of fused-ring (bicyclic) bond motifs is 5. The van der Waals surface area contributed by atoms with Gasteiger partial charge in [0.1, 0.15) is 0 Å². The van der Waals surface area contributed by atoms with Crippen LogP contribution in [0.1, 0.15) is 0 Å². The van der Waals surface area contributed by atoms with Gasteiger partial charge in [-0.1, -0.05) is 200 Å². The lowest BCUT2D eigenvalue weighted by Gasteiger charge is -2.19. The lowest BCUT2D eigenvalue weighted by Crippen LogP contribution is -1.92. The molecule has 0 N–H and O–H groups in total. The largest absolute Gasteiger partial charge is 0.0616 e. The highest BCUT2D eigenvalue weighted by atomic mass is 14.2. The summed E-state index contributed by atoms with van der Waals surface area (Å²) >= 11 is 0. The van der Waals surface area contributed by atoms with Gasteiger partial charge in [0.25, 0.3) is 0 Å². The third-order valence-electron chi connectivity index (χ3n) is 11.6. The fourth-order valence-electron chi connectivity index (χ4n) is 8.96. The zero-order valence-corrected chi connectivity index (χ0v) is 30.8. The van der Waals surface area contributed by atoms with E-state index in [0.717, 1.165) is 0 Å². The standard InChI is InChI=1S/C56H36/c1-2-15-42-34-43(31-26-37(42)12-1)44-32-33-53-54(36-44)55(41-29-27-40(28-30-41)49-24-10-16-38-13-3-5-20-47(38)49)51-22-7-8-23-52(51)56(53)46-19-9-18-45(35-46)50-25-11-17-39-14-4-6-21-48(39)50/h1-36H. The third-order valence-corrected chi connectivity index (χ3v) is 11.6. The lowest BCUT2D eigenvalue weighted by molar-refractivity contribution is 1.62. The van der Waals surface area contributed by atoms with Gasteiger partial charge < -0.3 is 0 Å². The average Bonchev–Trinajstić information content (AvgIpc) is 3.27. The number of hydrogen-bond acceptors (Lipinski definition) is 0. The highest BCUT2D eigenvalue weighted by molar-refractivity contribution is 6.22. The third kappa shape index (κ3) is 5.38. The van der Waals surface area contributed by atoms with E-state index in [0.29, 0.717) is 0 Å². The molecule has 0 nitrogen and oxygen atoms in total. The molecule has 0 saturated heterocycles. The molecule has 0 heteroatoms. The van der Waals surface area contributed by atoms with Crippen LogP contribution in [-0.4, -0.2) is 0 Å². The van der Waals surface area contributed by atoms with E-state index < -0.39 is 0 Å². The Bertz CT molecular complexity index is 3280. The fraction of sp³-hybridized carbons (Fsp3) is 0. The van der Waals surface area contributed by atoms with Gasteiger partial charge in [-0.3, -0.25) is 0 Å². The molecule has 0 radical (unpaired) electrons. The molecular weight excluding hydrogens is 673 g/mol. The molecule has 260 valence electrons. The summed E-state index contributed by atoms with van der Waals surface area (Å²) in [6, 6.07) is 80.5. The van der Waals surface area contributed by atoms with Crippen molar-refractivity contribution in [2.45, 2.75) is 0 Å². The summed E-state index contributed by atoms with van der Waals surface area (Å²) in [6.07, 6.45) is 0. The zero-order valence-electron chi connectivity index (χ0n) is 30.8. The molecule has 0 heterocycles. The van der Waals surface area contributed by atoms with E-state index in [1.807, 2.05) is 0 Å². The molecule has 0 aliphatic carbocycles. The van der Waals surface area contributed by atoms with Crippen LogP contribution in [0.2, 0.25) is 0 Å². The highest BCUT2D eigenvalue weighted by Crippen LogP contribution is 2.46. The smallest absolute Gasteiger partial charge is 0.00261 e. The van der Waals surface area contributed by atoms with Crippen molar-refractivity contribution in [3.8, 4) is 55.6 Å². The van der Waals surface area contributed by atoms with Crippen molar-refractivity contribution in [1.29, 1.82) is 0 Å². The van der Waals surface area contributed by atoms with Crippen LogP contribution in [0.5, 0.6) is 0 Å². The van der Waals surface area contributed by atoms with Crippen molar-refractivity contribution in [2.75, 3.05) is 0 Å². The summed E-state index contributed by atoms with van der Waals surface area (Å²) in [5.74, 6) is 0. The molecule has 56 heavy (non-hydrogen) atoms. The van der Waals surface area contributed by atoms with Crippen LogP contribution in [0.25, 0.3) is 109 Å². The molecule has 0 fully saturated rings. The van der Waals surface area contributed by atoms with Crippen molar-refractivity contribution in [2.24, 2.45) is 0 Å². The molecule has 0 aliphatic rings. The van der Waals surface area contributed by atoms with Gasteiger partial charge in [-0.25, -0.2) is 0 Å². The van der Waals surface area contributed by atoms with E-state index in [4.69, 9.17) is 0 Å². The Morgan fingerprint density at radius 3 is 1.32 bits per heavy atom. The Morgan fingerprint density at radius 2 is 0.625 bits per heavy atom. The first-order valence-electron chi connectivity index (χ1n) is 19.4. The maximum Gasteiger partial charge on any atom is -0.00261 e. The SMILES string of the molecule is c1cc(-c2cccc3ccccc23)cc(-c2c3ccccc3c(-c3ccc(-c4cccc5ccccc45)cc3)c3cc(-c4ccc5ccccc5c4)ccc23)c1. The molecule has 0 bridgehead atoms. The first-order chi connectivity index (χ1) is 27.8. The summed E-state index contributed by atoms with van der Waals surface area (Å²) < 4.78 is 0. The normalized spacial score (nSPS) is 11.6.